The van der Waals surface area contributed by atoms with E-state index in [-0.39, 0.29) is 6.61 Å². The molecule has 0 spiro atoms. The number of rotatable bonds is 7. The summed E-state index contributed by atoms with van der Waals surface area (Å²) in [5.74, 6) is 0.712. The van der Waals surface area contributed by atoms with E-state index in [1.165, 1.54) is 34.7 Å². The third-order valence-electron chi connectivity index (χ3n) is 4.07. The molecule has 0 bridgehead atoms. The molecule has 0 radical (unpaired) electrons. The Kier molecular flexibility index (Phi) is 5.01. The van der Waals surface area contributed by atoms with Crippen molar-refractivity contribution in [2.45, 2.75) is 38.3 Å². The lowest BCUT2D eigenvalue weighted by Gasteiger charge is -2.23. The van der Waals surface area contributed by atoms with Crippen LogP contribution >= 0.6 is 11.3 Å². The van der Waals surface area contributed by atoms with Crippen molar-refractivity contribution in [1.29, 1.82) is 0 Å². The first-order valence-electron chi connectivity index (χ1n) is 7.67. The standard InChI is InChI=1S/C17H22N2OS/c20-10-9-19(12-14-5-2-1-3-6-14)13-16-11-18-17(21-16)15-7-4-8-15/h1-3,5-6,11,15,20H,4,7-10,12-13H2. The van der Waals surface area contributed by atoms with Gasteiger partial charge in [0.1, 0.15) is 0 Å². The number of aliphatic hydroxyl groups excluding tert-OH is 1. The van der Waals surface area contributed by atoms with Crippen LogP contribution in [-0.4, -0.2) is 28.1 Å². The summed E-state index contributed by atoms with van der Waals surface area (Å²) in [4.78, 5) is 8.18. The molecule has 3 rings (SSSR count). The van der Waals surface area contributed by atoms with Crippen molar-refractivity contribution in [3.05, 3.63) is 52.0 Å². The molecule has 3 nitrogen and oxygen atoms in total. The van der Waals surface area contributed by atoms with Crippen LogP contribution in [0, 0.1) is 0 Å². The van der Waals surface area contributed by atoms with Gasteiger partial charge in [0.15, 0.2) is 0 Å². The molecule has 0 saturated heterocycles. The van der Waals surface area contributed by atoms with Crippen LogP contribution < -0.4 is 0 Å². The smallest absolute Gasteiger partial charge is 0.0959 e. The molecule has 1 fully saturated rings. The first-order chi connectivity index (χ1) is 10.3. The largest absolute Gasteiger partial charge is 0.395 e. The fraction of sp³-hybridized carbons (Fsp3) is 0.471. The minimum Gasteiger partial charge on any atom is -0.395 e. The molecular formula is C17H22N2OS. The minimum atomic E-state index is 0.196. The van der Waals surface area contributed by atoms with Gasteiger partial charge >= 0.3 is 0 Å². The monoisotopic (exact) mass is 302 g/mol. The van der Waals surface area contributed by atoms with Crippen molar-refractivity contribution >= 4 is 11.3 Å². The van der Waals surface area contributed by atoms with Gasteiger partial charge in [-0.1, -0.05) is 36.8 Å². The summed E-state index contributed by atoms with van der Waals surface area (Å²) in [6, 6.07) is 10.4. The highest BCUT2D eigenvalue weighted by molar-refractivity contribution is 7.11. The molecule has 1 aliphatic carbocycles. The zero-order valence-corrected chi connectivity index (χ0v) is 13.1. The number of benzene rings is 1. The van der Waals surface area contributed by atoms with E-state index in [1.807, 2.05) is 23.6 Å². The first kappa shape index (κ1) is 14.7. The number of aromatic nitrogens is 1. The van der Waals surface area contributed by atoms with Crippen molar-refractivity contribution in [2.24, 2.45) is 0 Å². The molecule has 0 atom stereocenters. The van der Waals surface area contributed by atoms with E-state index in [9.17, 15) is 5.11 Å². The predicted octanol–water partition coefficient (Wildman–Crippen LogP) is 3.41. The molecule has 1 aromatic heterocycles. The molecule has 1 N–H and O–H groups in total. The molecule has 21 heavy (non-hydrogen) atoms. The maximum absolute atomic E-state index is 9.28. The molecule has 0 amide bonds. The van der Waals surface area contributed by atoms with Crippen LogP contribution in [0.4, 0.5) is 0 Å². The third-order valence-corrected chi connectivity index (χ3v) is 5.22. The van der Waals surface area contributed by atoms with Gasteiger partial charge in [-0.25, -0.2) is 4.98 Å². The lowest BCUT2D eigenvalue weighted by atomic mass is 9.86. The molecule has 1 saturated carbocycles. The van der Waals surface area contributed by atoms with Gasteiger partial charge in [-0.2, -0.15) is 0 Å². The second kappa shape index (κ2) is 7.16. The molecule has 1 aromatic carbocycles. The van der Waals surface area contributed by atoms with E-state index in [0.29, 0.717) is 12.5 Å². The lowest BCUT2D eigenvalue weighted by molar-refractivity contribution is 0.185. The van der Waals surface area contributed by atoms with Crippen LogP contribution in [-0.2, 0) is 13.1 Å². The summed E-state index contributed by atoms with van der Waals surface area (Å²) >= 11 is 1.85. The second-order valence-corrected chi connectivity index (χ2v) is 6.86. The van der Waals surface area contributed by atoms with E-state index >= 15 is 0 Å². The van der Waals surface area contributed by atoms with Gasteiger partial charge in [-0.05, 0) is 18.4 Å². The van der Waals surface area contributed by atoms with Gasteiger partial charge in [0, 0.05) is 36.6 Å². The number of hydrogen-bond acceptors (Lipinski definition) is 4. The Bertz CT molecular complexity index is 551. The highest BCUT2D eigenvalue weighted by Gasteiger charge is 2.22. The summed E-state index contributed by atoms with van der Waals surface area (Å²) in [6.07, 6.45) is 5.98. The molecular weight excluding hydrogens is 280 g/mol. The maximum Gasteiger partial charge on any atom is 0.0959 e. The summed E-state index contributed by atoms with van der Waals surface area (Å²) in [5, 5.41) is 10.6. The summed E-state index contributed by atoms with van der Waals surface area (Å²) in [6.45, 7) is 2.64. The Morgan fingerprint density at radius 3 is 2.67 bits per heavy atom. The number of hydrogen-bond donors (Lipinski definition) is 1. The van der Waals surface area contributed by atoms with Crippen molar-refractivity contribution in [2.75, 3.05) is 13.2 Å². The zero-order valence-electron chi connectivity index (χ0n) is 12.2. The molecule has 4 heteroatoms. The van der Waals surface area contributed by atoms with Crippen LogP contribution in [0.15, 0.2) is 36.5 Å². The molecule has 1 aliphatic rings. The average Bonchev–Trinajstić information content (AvgIpc) is 2.86. The predicted molar refractivity (Wildman–Crippen MR) is 86.3 cm³/mol. The second-order valence-electron chi connectivity index (χ2n) is 5.71. The van der Waals surface area contributed by atoms with Crippen molar-refractivity contribution in [3.8, 4) is 0 Å². The van der Waals surface area contributed by atoms with Crippen molar-refractivity contribution < 1.29 is 5.11 Å². The molecule has 1 heterocycles. The van der Waals surface area contributed by atoms with Gasteiger partial charge < -0.3 is 5.11 Å². The third kappa shape index (κ3) is 3.90. The summed E-state index contributed by atoms with van der Waals surface area (Å²) in [5.41, 5.74) is 1.29. The van der Waals surface area contributed by atoms with Crippen molar-refractivity contribution in [3.63, 3.8) is 0 Å². The number of thiazole rings is 1. The van der Waals surface area contributed by atoms with E-state index in [4.69, 9.17) is 0 Å². The highest BCUT2D eigenvalue weighted by Crippen LogP contribution is 2.38. The first-order valence-corrected chi connectivity index (χ1v) is 8.48. The molecule has 0 unspecified atom stereocenters. The minimum absolute atomic E-state index is 0.196. The fourth-order valence-electron chi connectivity index (χ4n) is 2.66. The van der Waals surface area contributed by atoms with Crippen LogP contribution in [0.1, 0.15) is 40.6 Å². The average molecular weight is 302 g/mol. The topological polar surface area (TPSA) is 36.4 Å². The molecule has 112 valence electrons. The van der Waals surface area contributed by atoms with Crippen LogP contribution in [0.5, 0.6) is 0 Å². The highest BCUT2D eigenvalue weighted by atomic mass is 32.1. The van der Waals surface area contributed by atoms with Gasteiger partial charge in [0.25, 0.3) is 0 Å². The molecule has 2 aromatic rings. The van der Waals surface area contributed by atoms with Crippen molar-refractivity contribution in [1.82, 2.24) is 9.88 Å². The van der Waals surface area contributed by atoms with Crippen LogP contribution in [0.2, 0.25) is 0 Å². The Hall–Kier alpha value is -1.23. The zero-order chi connectivity index (χ0) is 14.5. The fourth-order valence-corrected chi connectivity index (χ4v) is 3.79. The number of nitrogens with zero attached hydrogens (tertiary/aromatic N) is 2. The van der Waals surface area contributed by atoms with Crippen LogP contribution in [0.3, 0.4) is 0 Å². The van der Waals surface area contributed by atoms with Gasteiger partial charge in [-0.15, -0.1) is 11.3 Å². The van der Waals surface area contributed by atoms with E-state index in [0.717, 1.165) is 13.1 Å². The van der Waals surface area contributed by atoms with Gasteiger partial charge in [-0.3, -0.25) is 4.90 Å². The Morgan fingerprint density at radius 1 is 1.19 bits per heavy atom. The summed E-state index contributed by atoms with van der Waals surface area (Å²) in [7, 11) is 0. The quantitative estimate of drug-likeness (QED) is 0.851. The normalized spacial score (nSPS) is 15.3. The lowest BCUT2D eigenvalue weighted by Crippen LogP contribution is -2.25. The SMILES string of the molecule is OCCN(Cc1ccccc1)Cc1cnc(C2CCC2)s1. The maximum atomic E-state index is 9.28. The van der Waals surface area contributed by atoms with E-state index in [2.05, 4.69) is 34.1 Å². The Balaban J connectivity index is 1.62. The van der Waals surface area contributed by atoms with Gasteiger partial charge in [0.05, 0.1) is 11.6 Å². The van der Waals surface area contributed by atoms with Crippen LogP contribution in [0.25, 0.3) is 0 Å². The van der Waals surface area contributed by atoms with Gasteiger partial charge in [0.2, 0.25) is 0 Å². The van der Waals surface area contributed by atoms with E-state index in [1.54, 1.807) is 0 Å². The Morgan fingerprint density at radius 2 is 2.00 bits per heavy atom. The summed E-state index contributed by atoms with van der Waals surface area (Å²) < 4.78 is 0. The number of aliphatic hydroxyl groups is 1. The van der Waals surface area contributed by atoms with E-state index < -0.39 is 0 Å². The molecule has 0 aliphatic heterocycles. The Labute approximate surface area is 130 Å².